The summed E-state index contributed by atoms with van der Waals surface area (Å²) in [7, 11) is 0. The molecular weight excluding hydrogens is 472 g/mol. The molecule has 7 nitrogen and oxygen atoms in total. The van der Waals surface area contributed by atoms with E-state index in [0.29, 0.717) is 17.8 Å². The summed E-state index contributed by atoms with van der Waals surface area (Å²) in [5.41, 5.74) is 5.09. The first kappa shape index (κ1) is 23.5. The van der Waals surface area contributed by atoms with Gasteiger partial charge in [0.15, 0.2) is 23.3 Å². The van der Waals surface area contributed by atoms with Crippen molar-refractivity contribution in [1.82, 2.24) is 24.4 Å². The molecule has 0 saturated carbocycles. The number of nitrogens with zero attached hydrogens (tertiary/aromatic N) is 7. The van der Waals surface area contributed by atoms with E-state index in [-0.39, 0.29) is 0 Å². The highest BCUT2D eigenvalue weighted by atomic mass is 19.2. The van der Waals surface area contributed by atoms with E-state index >= 15 is 0 Å². The first-order valence-electron chi connectivity index (χ1n) is 12.8. The predicted molar refractivity (Wildman–Crippen MR) is 137 cm³/mol. The minimum absolute atomic E-state index is 0.602. The number of aromatic nitrogens is 4. The fourth-order valence-corrected chi connectivity index (χ4v) is 5.48. The molecule has 0 unspecified atom stereocenters. The lowest BCUT2D eigenvalue weighted by Gasteiger charge is -2.36. The lowest BCUT2D eigenvalue weighted by molar-refractivity contribution is 0.260. The summed E-state index contributed by atoms with van der Waals surface area (Å²) in [5.74, 6) is -0.133. The molecule has 188 valence electrons. The molecule has 1 saturated heterocycles. The van der Waals surface area contributed by atoms with Crippen LogP contribution in [0.5, 0.6) is 0 Å². The van der Waals surface area contributed by atoms with E-state index in [1.54, 1.807) is 18.5 Å². The van der Waals surface area contributed by atoms with Crippen molar-refractivity contribution < 1.29 is 8.78 Å². The van der Waals surface area contributed by atoms with Crippen LogP contribution in [0, 0.1) is 23.0 Å². The molecule has 1 fully saturated rings. The van der Waals surface area contributed by atoms with Crippen molar-refractivity contribution in [1.29, 1.82) is 5.26 Å². The van der Waals surface area contributed by atoms with Gasteiger partial charge in [0.1, 0.15) is 17.1 Å². The van der Waals surface area contributed by atoms with E-state index in [1.807, 2.05) is 12.1 Å². The van der Waals surface area contributed by atoms with Gasteiger partial charge in [-0.2, -0.15) is 5.26 Å². The Balaban J connectivity index is 1.30. The first-order chi connectivity index (χ1) is 18.1. The maximum atomic E-state index is 13.6. The Labute approximate surface area is 214 Å². The third-order valence-corrected chi connectivity index (χ3v) is 7.45. The van der Waals surface area contributed by atoms with Gasteiger partial charge in [0.05, 0.1) is 5.56 Å². The Kier molecular flexibility index (Phi) is 6.26. The fraction of sp³-hybridized carbons (Fsp3) is 0.357. The summed E-state index contributed by atoms with van der Waals surface area (Å²) in [6, 6.07) is 10.3. The zero-order chi connectivity index (χ0) is 25.4. The van der Waals surface area contributed by atoms with E-state index in [4.69, 9.17) is 9.97 Å². The van der Waals surface area contributed by atoms with Gasteiger partial charge in [-0.05, 0) is 55.5 Å². The summed E-state index contributed by atoms with van der Waals surface area (Å²) in [5, 5.41) is 10.1. The molecule has 37 heavy (non-hydrogen) atoms. The molecule has 0 radical (unpaired) electrons. The molecule has 1 aromatic carbocycles. The molecule has 2 aliphatic rings. The Morgan fingerprint density at radius 3 is 2.49 bits per heavy atom. The first-order valence-corrected chi connectivity index (χ1v) is 12.8. The lowest BCUT2D eigenvalue weighted by atomic mass is 10.1. The Hall–Kier alpha value is -3.90. The molecule has 0 atom stereocenters. The highest BCUT2D eigenvalue weighted by molar-refractivity contribution is 5.94. The smallest absolute Gasteiger partial charge is 0.162 e. The van der Waals surface area contributed by atoms with E-state index < -0.39 is 11.6 Å². The molecule has 0 N–H and O–H groups in total. The van der Waals surface area contributed by atoms with Crippen LogP contribution in [0.2, 0.25) is 0 Å². The minimum atomic E-state index is -0.813. The highest BCUT2D eigenvalue weighted by Crippen LogP contribution is 2.36. The average Bonchev–Trinajstić information content (AvgIpc) is 3.27. The summed E-state index contributed by atoms with van der Waals surface area (Å²) < 4.78 is 29.1. The molecular formula is C28H27F2N7. The average molecular weight is 500 g/mol. The van der Waals surface area contributed by atoms with Crippen LogP contribution in [0.25, 0.3) is 22.4 Å². The van der Waals surface area contributed by atoms with Crippen LogP contribution in [0.1, 0.15) is 29.7 Å². The molecule has 6 rings (SSSR count). The largest absolute Gasteiger partial charge is 0.352 e. The van der Waals surface area contributed by atoms with Crippen LogP contribution in [0.3, 0.4) is 0 Å². The Morgan fingerprint density at radius 1 is 0.919 bits per heavy atom. The molecule has 4 aromatic rings. The van der Waals surface area contributed by atoms with Crippen molar-refractivity contribution in [2.24, 2.45) is 0 Å². The number of nitriles is 1. The molecule has 9 heteroatoms. The second-order valence-electron chi connectivity index (χ2n) is 9.67. The molecule has 0 amide bonds. The number of piperazine rings is 1. The van der Waals surface area contributed by atoms with Crippen LogP contribution in [0.4, 0.5) is 14.6 Å². The number of rotatable bonds is 5. The number of hydrogen-bond acceptors (Lipinski definition) is 6. The minimum Gasteiger partial charge on any atom is -0.352 e. The number of anilines is 1. The standard InChI is InChI=1S/C28H27F2N7/c29-22-5-4-19(17-23(22)30)8-12-35-13-15-36(16-14-35)28-26-25(21(18-31)24-3-1-2-11-37(24)26)33-27(34-28)20-6-9-32-10-7-20/h4-7,9-10,17H,1-3,8,11-16H2. The second-order valence-corrected chi connectivity index (χ2v) is 9.67. The van der Waals surface area contributed by atoms with Crippen molar-refractivity contribution in [3.8, 4) is 17.5 Å². The summed E-state index contributed by atoms with van der Waals surface area (Å²) in [6.45, 7) is 4.87. The number of halogens is 2. The summed E-state index contributed by atoms with van der Waals surface area (Å²) >= 11 is 0. The Bertz CT molecular complexity index is 1480. The monoisotopic (exact) mass is 499 g/mol. The van der Waals surface area contributed by atoms with Crippen LogP contribution >= 0.6 is 0 Å². The van der Waals surface area contributed by atoms with Gasteiger partial charge in [-0.25, -0.2) is 18.7 Å². The second kappa shape index (κ2) is 9.87. The van der Waals surface area contributed by atoms with Gasteiger partial charge in [0, 0.05) is 62.9 Å². The van der Waals surface area contributed by atoms with Crippen molar-refractivity contribution >= 4 is 16.9 Å². The molecule has 5 heterocycles. The van der Waals surface area contributed by atoms with Crippen molar-refractivity contribution in [2.75, 3.05) is 37.6 Å². The zero-order valence-electron chi connectivity index (χ0n) is 20.5. The maximum absolute atomic E-state index is 13.6. The molecule has 0 spiro atoms. The molecule has 0 aliphatic carbocycles. The zero-order valence-corrected chi connectivity index (χ0v) is 20.5. The number of fused-ring (bicyclic) bond motifs is 3. The third kappa shape index (κ3) is 4.42. The number of benzene rings is 1. The van der Waals surface area contributed by atoms with Gasteiger partial charge in [-0.3, -0.25) is 9.88 Å². The molecule has 0 bridgehead atoms. The Morgan fingerprint density at radius 2 is 1.73 bits per heavy atom. The van der Waals surface area contributed by atoms with Gasteiger partial charge >= 0.3 is 0 Å². The SMILES string of the molecule is N#Cc1c2n(c3c(N4CCN(CCc5ccc(F)c(F)c5)CC4)nc(-c4ccncc4)nc13)CCCC2. The van der Waals surface area contributed by atoms with Crippen molar-refractivity contribution in [3.05, 3.63) is 71.2 Å². The topological polar surface area (TPSA) is 73.9 Å². The molecule has 3 aromatic heterocycles. The third-order valence-electron chi connectivity index (χ3n) is 7.45. The van der Waals surface area contributed by atoms with Gasteiger partial charge in [0.2, 0.25) is 0 Å². The van der Waals surface area contributed by atoms with E-state index in [0.717, 1.165) is 92.2 Å². The van der Waals surface area contributed by atoms with Crippen LogP contribution in [-0.2, 0) is 19.4 Å². The van der Waals surface area contributed by atoms with Gasteiger partial charge < -0.3 is 9.47 Å². The van der Waals surface area contributed by atoms with Gasteiger partial charge in [-0.15, -0.1) is 0 Å². The highest BCUT2D eigenvalue weighted by Gasteiger charge is 2.28. The van der Waals surface area contributed by atoms with Crippen molar-refractivity contribution in [2.45, 2.75) is 32.2 Å². The van der Waals surface area contributed by atoms with Crippen molar-refractivity contribution in [3.63, 3.8) is 0 Å². The van der Waals surface area contributed by atoms with Crippen LogP contribution in [0.15, 0.2) is 42.7 Å². The fourth-order valence-electron chi connectivity index (χ4n) is 5.48. The number of pyridine rings is 1. The van der Waals surface area contributed by atoms with Gasteiger partial charge in [0.25, 0.3) is 0 Å². The lowest BCUT2D eigenvalue weighted by Crippen LogP contribution is -2.47. The summed E-state index contributed by atoms with van der Waals surface area (Å²) in [4.78, 5) is 18.7. The predicted octanol–water partition coefficient (Wildman–Crippen LogP) is 4.34. The van der Waals surface area contributed by atoms with E-state index in [2.05, 4.69) is 25.4 Å². The van der Waals surface area contributed by atoms with Gasteiger partial charge in [-0.1, -0.05) is 6.07 Å². The maximum Gasteiger partial charge on any atom is 0.162 e. The van der Waals surface area contributed by atoms with Crippen LogP contribution in [-0.4, -0.2) is 57.1 Å². The molecule has 2 aliphatic heterocycles. The number of aryl methyl sites for hydroxylation is 1. The normalized spacial score (nSPS) is 16.1. The quantitative estimate of drug-likeness (QED) is 0.407. The summed E-state index contributed by atoms with van der Waals surface area (Å²) in [6.07, 6.45) is 7.14. The number of hydrogen-bond donors (Lipinski definition) is 0. The van der Waals surface area contributed by atoms with Crippen LogP contribution < -0.4 is 4.90 Å². The van der Waals surface area contributed by atoms with E-state index in [1.165, 1.54) is 12.1 Å². The van der Waals surface area contributed by atoms with E-state index in [9.17, 15) is 14.0 Å².